The largest absolute Gasteiger partial charge is 0.453 e. The summed E-state index contributed by atoms with van der Waals surface area (Å²) in [5.74, 6) is -0.216. The Kier molecular flexibility index (Phi) is 5.83. The zero-order chi connectivity index (χ0) is 22.0. The normalized spacial score (nSPS) is 10.7. The van der Waals surface area contributed by atoms with Crippen molar-refractivity contribution < 1.29 is 14.3 Å². The topological polar surface area (TPSA) is 84.4 Å². The van der Waals surface area contributed by atoms with E-state index in [2.05, 4.69) is 20.0 Å². The Morgan fingerprint density at radius 2 is 1.77 bits per heavy atom. The fourth-order valence-electron chi connectivity index (χ4n) is 2.98. The molecule has 0 bridgehead atoms. The first-order valence-corrected chi connectivity index (χ1v) is 10.4. The van der Waals surface area contributed by atoms with Crippen LogP contribution in [0.5, 0.6) is 0 Å². The van der Waals surface area contributed by atoms with Crippen molar-refractivity contribution in [3.05, 3.63) is 71.0 Å². The van der Waals surface area contributed by atoms with Crippen LogP contribution in [0, 0.1) is 0 Å². The lowest BCUT2D eigenvalue weighted by molar-refractivity contribution is 0.0993. The first kappa shape index (κ1) is 20.8. The molecule has 0 fully saturated rings. The molecule has 0 unspecified atom stereocenters. The Bertz CT molecular complexity index is 1260. The third-order valence-corrected chi connectivity index (χ3v) is 5.86. The number of anilines is 2. The zero-order valence-corrected chi connectivity index (χ0v) is 18.2. The van der Waals surface area contributed by atoms with Gasteiger partial charge >= 0.3 is 6.09 Å². The standard InChI is InChI=1S/C22H17ClN4O3S/c1-27(16-9-5-14(23)6-10-16)21(28)20-26-19-17(11-24-12-18(19)31-20)13-3-7-15(8-4-13)25-22(29)30-2/h3-12H,1-2H3,(H,25,29). The van der Waals surface area contributed by atoms with Gasteiger partial charge in [-0.05, 0) is 42.0 Å². The highest BCUT2D eigenvalue weighted by molar-refractivity contribution is 7.20. The van der Waals surface area contributed by atoms with Gasteiger partial charge in [0, 0.05) is 41.4 Å². The van der Waals surface area contributed by atoms with Crippen molar-refractivity contribution in [1.29, 1.82) is 0 Å². The number of rotatable bonds is 4. The van der Waals surface area contributed by atoms with Gasteiger partial charge in [0.15, 0.2) is 5.01 Å². The molecule has 2 aromatic carbocycles. The van der Waals surface area contributed by atoms with Crippen molar-refractivity contribution in [3.63, 3.8) is 0 Å². The monoisotopic (exact) mass is 452 g/mol. The molecule has 156 valence electrons. The van der Waals surface area contributed by atoms with E-state index in [0.717, 1.165) is 21.5 Å². The van der Waals surface area contributed by atoms with Crippen LogP contribution < -0.4 is 10.2 Å². The number of nitrogens with zero attached hydrogens (tertiary/aromatic N) is 3. The van der Waals surface area contributed by atoms with Gasteiger partial charge in [-0.15, -0.1) is 11.3 Å². The minimum Gasteiger partial charge on any atom is -0.453 e. The Labute approximate surface area is 187 Å². The van der Waals surface area contributed by atoms with Gasteiger partial charge in [0.1, 0.15) is 0 Å². The van der Waals surface area contributed by atoms with Gasteiger partial charge < -0.3 is 9.64 Å². The van der Waals surface area contributed by atoms with Crippen LogP contribution in [0.1, 0.15) is 9.80 Å². The highest BCUT2D eigenvalue weighted by Gasteiger charge is 2.20. The number of thiazole rings is 1. The minimum atomic E-state index is -0.538. The molecule has 2 amide bonds. The molecule has 0 spiro atoms. The molecule has 1 N–H and O–H groups in total. The number of carbonyl (C=O) groups excluding carboxylic acids is 2. The molecular weight excluding hydrogens is 436 g/mol. The fourth-order valence-corrected chi connectivity index (χ4v) is 4.04. The molecule has 0 aliphatic heterocycles. The van der Waals surface area contributed by atoms with Crippen molar-refractivity contribution in [3.8, 4) is 11.1 Å². The van der Waals surface area contributed by atoms with E-state index in [1.807, 2.05) is 12.1 Å². The van der Waals surface area contributed by atoms with E-state index in [9.17, 15) is 9.59 Å². The molecule has 0 aliphatic rings. The molecule has 9 heteroatoms. The Morgan fingerprint density at radius 1 is 1.06 bits per heavy atom. The highest BCUT2D eigenvalue weighted by Crippen LogP contribution is 2.32. The van der Waals surface area contributed by atoms with Crippen LogP contribution in [0.4, 0.5) is 16.2 Å². The summed E-state index contributed by atoms with van der Waals surface area (Å²) in [6.07, 6.45) is 2.87. The number of fused-ring (bicyclic) bond motifs is 1. The van der Waals surface area contributed by atoms with Gasteiger partial charge in [0.05, 0.1) is 17.3 Å². The molecule has 0 saturated carbocycles. The molecule has 2 heterocycles. The molecule has 0 radical (unpaired) electrons. The maximum absolute atomic E-state index is 13.0. The Hall–Kier alpha value is -3.49. The van der Waals surface area contributed by atoms with Crippen molar-refractivity contribution in [2.75, 3.05) is 24.4 Å². The number of hydrogen-bond donors (Lipinski definition) is 1. The van der Waals surface area contributed by atoms with Crippen molar-refractivity contribution in [2.24, 2.45) is 0 Å². The van der Waals surface area contributed by atoms with Gasteiger partial charge in [-0.2, -0.15) is 0 Å². The van der Waals surface area contributed by atoms with E-state index >= 15 is 0 Å². The predicted octanol–water partition coefficient (Wildman–Crippen LogP) is 5.47. The average Bonchev–Trinajstić information content (AvgIpc) is 3.23. The highest BCUT2D eigenvalue weighted by atomic mass is 35.5. The molecule has 2 aromatic heterocycles. The fraction of sp³-hybridized carbons (Fsp3) is 0.0909. The van der Waals surface area contributed by atoms with E-state index < -0.39 is 6.09 Å². The molecular formula is C22H17ClN4O3S. The first-order chi connectivity index (χ1) is 15.0. The molecule has 7 nitrogen and oxygen atoms in total. The molecule has 4 rings (SSSR count). The number of amides is 2. The van der Waals surface area contributed by atoms with E-state index in [-0.39, 0.29) is 5.91 Å². The van der Waals surface area contributed by atoms with E-state index in [1.54, 1.807) is 55.8 Å². The van der Waals surface area contributed by atoms with E-state index in [4.69, 9.17) is 11.6 Å². The van der Waals surface area contributed by atoms with Crippen molar-refractivity contribution in [2.45, 2.75) is 0 Å². The lowest BCUT2D eigenvalue weighted by atomic mass is 10.1. The number of methoxy groups -OCH3 is 1. The number of pyridine rings is 1. The summed E-state index contributed by atoms with van der Waals surface area (Å²) >= 11 is 7.23. The number of aromatic nitrogens is 2. The van der Waals surface area contributed by atoms with E-state index in [0.29, 0.717) is 21.2 Å². The van der Waals surface area contributed by atoms with E-state index in [1.165, 1.54) is 23.3 Å². The van der Waals surface area contributed by atoms with Crippen LogP contribution in [-0.4, -0.2) is 36.1 Å². The Morgan fingerprint density at radius 3 is 2.45 bits per heavy atom. The SMILES string of the molecule is COC(=O)Nc1ccc(-c2cncc3sc(C(=O)N(C)c4ccc(Cl)cc4)nc23)cc1. The van der Waals surface area contributed by atoms with Crippen LogP contribution in [0.15, 0.2) is 60.9 Å². The van der Waals surface area contributed by atoms with Crippen LogP contribution in [0.25, 0.3) is 21.3 Å². The molecule has 0 atom stereocenters. The second-order valence-electron chi connectivity index (χ2n) is 6.59. The lowest BCUT2D eigenvalue weighted by Gasteiger charge is -2.15. The number of nitrogens with one attached hydrogen (secondary N) is 1. The second kappa shape index (κ2) is 8.71. The number of carbonyl (C=O) groups is 2. The maximum Gasteiger partial charge on any atom is 0.411 e. The number of hydrogen-bond acceptors (Lipinski definition) is 6. The summed E-state index contributed by atoms with van der Waals surface area (Å²) in [6.45, 7) is 0. The average molecular weight is 453 g/mol. The van der Waals surface area contributed by atoms with Gasteiger partial charge in [0.25, 0.3) is 5.91 Å². The van der Waals surface area contributed by atoms with Crippen molar-refractivity contribution in [1.82, 2.24) is 9.97 Å². The summed E-state index contributed by atoms with van der Waals surface area (Å²) < 4.78 is 5.41. The molecule has 31 heavy (non-hydrogen) atoms. The smallest absolute Gasteiger partial charge is 0.411 e. The molecule has 4 aromatic rings. The maximum atomic E-state index is 13.0. The quantitative estimate of drug-likeness (QED) is 0.444. The molecule has 0 aliphatic carbocycles. The third-order valence-electron chi connectivity index (χ3n) is 4.63. The van der Waals surface area contributed by atoms with Gasteiger partial charge in [-0.25, -0.2) is 9.78 Å². The van der Waals surface area contributed by atoms with Crippen LogP contribution in [0.2, 0.25) is 5.02 Å². The number of benzene rings is 2. The summed E-state index contributed by atoms with van der Waals surface area (Å²) in [5.41, 5.74) is 3.69. The molecule has 0 saturated heterocycles. The van der Waals surface area contributed by atoms with Crippen LogP contribution in [0.3, 0.4) is 0 Å². The minimum absolute atomic E-state index is 0.216. The second-order valence-corrected chi connectivity index (χ2v) is 8.05. The Balaban J connectivity index is 1.64. The van der Waals surface area contributed by atoms with Gasteiger partial charge in [0.2, 0.25) is 0 Å². The number of halogens is 1. The lowest BCUT2D eigenvalue weighted by Crippen LogP contribution is -2.25. The van der Waals surface area contributed by atoms with Crippen LogP contribution in [-0.2, 0) is 4.74 Å². The zero-order valence-electron chi connectivity index (χ0n) is 16.6. The van der Waals surface area contributed by atoms with Crippen LogP contribution >= 0.6 is 22.9 Å². The van der Waals surface area contributed by atoms with Crippen molar-refractivity contribution >= 4 is 56.5 Å². The predicted molar refractivity (Wildman–Crippen MR) is 123 cm³/mol. The number of ether oxygens (including phenoxy) is 1. The summed E-state index contributed by atoms with van der Waals surface area (Å²) in [4.78, 5) is 34.8. The summed E-state index contributed by atoms with van der Waals surface area (Å²) in [5, 5.41) is 3.58. The summed E-state index contributed by atoms with van der Waals surface area (Å²) in [6, 6.07) is 14.3. The van der Waals surface area contributed by atoms with Gasteiger partial charge in [-0.3, -0.25) is 15.1 Å². The summed E-state index contributed by atoms with van der Waals surface area (Å²) in [7, 11) is 3.01. The third kappa shape index (κ3) is 4.35. The first-order valence-electron chi connectivity index (χ1n) is 9.20. The van der Waals surface area contributed by atoms with Gasteiger partial charge in [-0.1, -0.05) is 23.7 Å².